The van der Waals surface area contributed by atoms with Gasteiger partial charge in [-0.25, -0.2) is 4.79 Å². The number of rotatable bonds is 3. The molecule has 0 aromatic heterocycles. The Morgan fingerprint density at radius 1 is 1.15 bits per heavy atom. The van der Waals surface area contributed by atoms with Crippen molar-refractivity contribution in [2.45, 2.75) is 44.6 Å². The van der Waals surface area contributed by atoms with Gasteiger partial charge in [0.15, 0.2) is 0 Å². The van der Waals surface area contributed by atoms with Gasteiger partial charge >= 0.3 is 16.3 Å². The SMILES string of the molecule is CC1(OC(=O)OCS(=O)(=O)O)C2CC3CC(C2)CC1C3. The van der Waals surface area contributed by atoms with Gasteiger partial charge in [-0.2, -0.15) is 8.42 Å². The van der Waals surface area contributed by atoms with Crippen LogP contribution in [0, 0.1) is 23.7 Å². The molecule has 0 amide bonds. The third-order valence-corrected chi connectivity index (χ3v) is 5.80. The van der Waals surface area contributed by atoms with E-state index < -0.39 is 27.8 Å². The lowest BCUT2D eigenvalue weighted by Crippen LogP contribution is -2.58. The molecule has 0 aliphatic heterocycles. The molecule has 4 rings (SSSR count). The molecule has 0 spiro atoms. The van der Waals surface area contributed by atoms with E-state index in [0.717, 1.165) is 37.5 Å². The van der Waals surface area contributed by atoms with Gasteiger partial charge in [0.1, 0.15) is 5.60 Å². The van der Waals surface area contributed by atoms with Crippen LogP contribution in [-0.2, 0) is 19.6 Å². The highest BCUT2D eigenvalue weighted by atomic mass is 32.2. The molecule has 4 fully saturated rings. The molecule has 114 valence electrons. The van der Waals surface area contributed by atoms with Gasteiger partial charge in [0.05, 0.1) is 0 Å². The Morgan fingerprint density at radius 2 is 1.65 bits per heavy atom. The van der Waals surface area contributed by atoms with E-state index in [2.05, 4.69) is 4.74 Å². The monoisotopic (exact) mass is 304 g/mol. The second-order valence-electron chi connectivity index (χ2n) is 6.68. The third kappa shape index (κ3) is 2.53. The van der Waals surface area contributed by atoms with Crippen molar-refractivity contribution < 1.29 is 27.2 Å². The number of hydrogen-bond donors (Lipinski definition) is 1. The van der Waals surface area contributed by atoms with Gasteiger partial charge in [0, 0.05) is 0 Å². The zero-order valence-corrected chi connectivity index (χ0v) is 12.3. The summed E-state index contributed by atoms with van der Waals surface area (Å²) in [6.45, 7) is 1.94. The van der Waals surface area contributed by atoms with Crippen molar-refractivity contribution >= 4 is 16.3 Å². The summed E-state index contributed by atoms with van der Waals surface area (Å²) >= 11 is 0. The summed E-state index contributed by atoms with van der Waals surface area (Å²) in [4.78, 5) is 11.7. The molecule has 1 N–H and O–H groups in total. The van der Waals surface area contributed by atoms with E-state index in [1.54, 1.807) is 0 Å². The zero-order chi connectivity index (χ0) is 14.5. The average Bonchev–Trinajstić information content (AvgIpc) is 2.32. The van der Waals surface area contributed by atoms with Crippen LogP contribution in [-0.4, -0.2) is 30.7 Å². The summed E-state index contributed by atoms with van der Waals surface area (Å²) in [5.74, 6) is 1.14. The van der Waals surface area contributed by atoms with E-state index in [1.807, 2.05) is 6.92 Å². The smallest absolute Gasteiger partial charge is 0.427 e. The molecular formula is C13H20O6S. The van der Waals surface area contributed by atoms with Crippen LogP contribution in [0.2, 0.25) is 0 Å². The minimum Gasteiger partial charge on any atom is -0.427 e. The maximum atomic E-state index is 11.7. The predicted octanol–water partition coefficient (Wildman–Crippen LogP) is 2.20. The normalized spacial score (nSPS) is 42.5. The highest BCUT2D eigenvalue weighted by Gasteiger charge is 2.57. The number of carbonyl (C=O) groups excluding carboxylic acids is 1. The standard InChI is InChI=1S/C13H20O6S/c1-13(19-12(14)18-7-20(15,16)17)10-3-8-2-9(5-10)6-11(13)4-8/h8-11H,2-7H2,1H3,(H,15,16,17). The fourth-order valence-corrected chi connectivity index (χ4v) is 4.86. The molecule has 0 saturated heterocycles. The highest BCUT2D eigenvalue weighted by molar-refractivity contribution is 7.85. The molecular weight excluding hydrogens is 284 g/mol. The topological polar surface area (TPSA) is 89.9 Å². The second-order valence-corrected chi connectivity index (χ2v) is 8.08. The molecule has 7 heteroatoms. The molecule has 6 nitrogen and oxygen atoms in total. The van der Waals surface area contributed by atoms with Crippen molar-refractivity contribution in [2.75, 3.05) is 5.94 Å². The van der Waals surface area contributed by atoms with E-state index in [-0.39, 0.29) is 0 Å². The van der Waals surface area contributed by atoms with Crippen LogP contribution in [0.5, 0.6) is 0 Å². The van der Waals surface area contributed by atoms with Crippen molar-refractivity contribution in [3.05, 3.63) is 0 Å². The largest absolute Gasteiger partial charge is 0.509 e. The van der Waals surface area contributed by atoms with E-state index in [9.17, 15) is 13.2 Å². The van der Waals surface area contributed by atoms with Gasteiger partial charge in [-0.05, 0) is 62.7 Å². The molecule has 0 aromatic rings. The summed E-state index contributed by atoms with van der Waals surface area (Å²) in [5.41, 5.74) is -0.552. The van der Waals surface area contributed by atoms with Crippen LogP contribution in [0.25, 0.3) is 0 Å². The van der Waals surface area contributed by atoms with Crippen LogP contribution in [0.4, 0.5) is 4.79 Å². The van der Waals surface area contributed by atoms with Gasteiger partial charge in [-0.3, -0.25) is 4.55 Å². The Bertz CT molecular complexity index is 483. The van der Waals surface area contributed by atoms with E-state index >= 15 is 0 Å². The first-order chi connectivity index (χ1) is 9.26. The van der Waals surface area contributed by atoms with E-state index in [1.165, 1.54) is 6.42 Å². The quantitative estimate of drug-likeness (QED) is 0.635. The molecule has 4 saturated carbocycles. The van der Waals surface area contributed by atoms with Crippen LogP contribution < -0.4 is 0 Å². The second kappa shape index (κ2) is 4.59. The van der Waals surface area contributed by atoms with Crippen LogP contribution >= 0.6 is 0 Å². The van der Waals surface area contributed by atoms with Gasteiger partial charge in [0.25, 0.3) is 0 Å². The fraction of sp³-hybridized carbons (Fsp3) is 0.923. The summed E-state index contributed by atoms with van der Waals surface area (Å²) < 4.78 is 39.7. The zero-order valence-electron chi connectivity index (χ0n) is 11.4. The lowest BCUT2D eigenvalue weighted by molar-refractivity contribution is -0.173. The Hall–Kier alpha value is -0.820. The molecule has 0 atom stereocenters. The first kappa shape index (κ1) is 14.1. The predicted molar refractivity (Wildman–Crippen MR) is 69.4 cm³/mol. The van der Waals surface area contributed by atoms with Gasteiger partial charge in [-0.1, -0.05) is 0 Å². The first-order valence-electron chi connectivity index (χ1n) is 7.07. The van der Waals surface area contributed by atoms with Gasteiger partial charge in [0.2, 0.25) is 5.94 Å². The van der Waals surface area contributed by atoms with Gasteiger partial charge < -0.3 is 9.47 Å². The highest BCUT2D eigenvalue weighted by Crippen LogP contribution is 2.59. The molecule has 4 aliphatic rings. The Balaban J connectivity index is 1.66. The molecule has 0 aromatic carbocycles. The number of hydrogen-bond acceptors (Lipinski definition) is 5. The summed E-state index contributed by atoms with van der Waals surface area (Å²) in [6, 6.07) is 0. The molecule has 4 bridgehead atoms. The minimum absolute atomic E-state index is 0.344. The van der Waals surface area contributed by atoms with Crippen molar-refractivity contribution in [1.82, 2.24) is 0 Å². The first-order valence-corrected chi connectivity index (χ1v) is 8.68. The summed E-state index contributed by atoms with van der Waals surface area (Å²) in [5, 5.41) is 0. The Kier molecular flexibility index (Phi) is 3.25. The van der Waals surface area contributed by atoms with E-state index in [4.69, 9.17) is 9.29 Å². The molecule has 20 heavy (non-hydrogen) atoms. The summed E-state index contributed by atoms with van der Waals surface area (Å²) in [7, 11) is -4.32. The molecule has 0 radical (unpaired) electrons. The lowest BCUT2D eigenvalue weighted by Gasteiger charge is -2.58. The maximum absolute atomic E-state index is 11.7. The lowest BCUT2D eigenvalue weighted by atomic mass is 9.50. The van der Waals surface area contributed by atoms with Crippen molar-refractivity contribution in [3.63, 3.8) is 0 Å². The summed E-state index contributed by atoms with van der Waals surface area (Å²) in [6.07, 6.45) is 4.61. The third-order valence-electron chi connectivity index (χ3n) is 5.39. The molecule has 0 heterocycles. The maximum Gasteiger partial charge on any atom is 0.509 e. The molecule has 0 unspecified atom stereocenters. The number of carbonyl (C=O) groups is 1. The van der Waals surface area contributed by atoms with Crippen molar-refractivity contribution in [3.8, 4) is 0 Å². The van der Waals surface area contributed by atoms with E-state index in [0.29, 0.717) is 11.8 Å². The fourth-order valence-electron chi connectivity index (χ4n) is 4.62. The number of ether oxygens (including phenoxy) is 2. The Labute approximate surface area is 118 Å². The Morgan fingerprint density at radius 3 is 2.10 bits per heavy atom. The van der Waals surface area contributed by atoms with Crippen molar-refractivity contribution in [1.29, 1.82) is 0 Å². The van der Waals surface area contributed by atoms with Crippen molar-refractivity contribution in [2.24, 2.45) is 23.7 Å². The van der Waals surface area contributed by atoms with Gasteiger partial charge in [-0.15, -0.1) is 0 Å². The van der Waals surface area contributed by atoms with Crippen LogP contribution in [0.15, 0.2) is 0 Å². The minimum atomic E-state index is -4.32. The average molecular weight is 304 g/mol. The molecule has 4 aliphatic carbocycles. The van der Waals surface area contributed by atoms with Crippen LogP contribution in [0.1, 0.15) is 39.0 Å². The van der Waals surface area contributed by atoms with Crippen LogP contribution in [0.3, 0.4) is 0 Å².